The summed E-state index contributed by atoms with van der Waals surface area (Å²) in [5.41, 5.74) is 0.977. The fraction of sp³-hybridized carbons (Fsp3) is 0.556. The molecule has 0 atom stereocenters. The molecule has 3 nitrogen and oxygen atoms in total. The van der Waals surface area contributed by atoms with E-state index in [1.807, 2.05) is 25.3 Å². The van der Waals surface area contributed by atoms with Gasteiger partial charge in [-0.15, -0.1) is 11.3 Å². The van der Waals surface area contributed by atoms with Gasteiger partial charge >= 0.3 is 7.60 Å². The van der Waals surface area contributed by atoms with Crippen LogP contribution in [-0.2, 0) is 19.8 Å². The van der Waals surface area contributed by atoms with Crippen LogP contribution in [-0.4, -0.2) is 13.2 Å². The van der Waals surface area contributed by atoms with Gasteiger partial charge in [0.2, 0.25) is 0 Å². The summed E-state index contributed by atoms with van der Waals surface area (Å²) in [6.07, 6.45) is 0.332. The second-order valence-corrected chi connectivity index (χ2v) is 7.11. The third kappa shape index (κ3) is 4.00. The average molecular weight is 313 g/mol. The smallest absolute Gasteiger partial charge is 0.309 e. The number of hydrogen-bond acceptors (Lipinski definition) is 4. The highest BCUT2D eigenvalue weighted by Crippen LogP contribution is 2.52. The molecule has 0 radical (unpaired) electrons. The van der Waals surface area contributed by atoms with Crippen LogP contribution in [0, 0.1) is 0 Å². The lowest BCUT2D eigenvalue weighted by Gasteiger charge is -2.16. The zero-order valence-electron chi connectivity index (χ0n) is 8.73. The van der Waals surface area contributed by atoms with Crippen molar-refractivity contribution in [1.82, 2.24) is 0 Å². The molecule has 0 saturated carbocycles. The number of thiophene rings is 1. The molecule has 0 fully saturated rings. The van der Waals surface area contributed by atoms with Gasteiger partial charge in [-0.05, 0) is 46.8 Å². The average Bonchev–Trinajstić information content (AvgIpc) is 2.52. The zero-order chi connectivity index (χ0) is 11.3. The Hall–Kier alpha value is 0.330. The number of rotatable bonds is 6. The summed E-state index contributed by atoms with van der Waals surface area (Å²) >= 11 is 4.97. The van der Waals surface area contributed by atoms with Crippen molar-refractivity contribution in [2.75, 3.05) is 13.2 Å². The first kappa shape index (κ1) is 13.4. The Morgan fingerprint density at radius 2 is 2.00 bits per heavy atom. The minimum absolute atomic E-state index is 0.332. The van der Waals surface area contributed by atoms with Crippen LogP contribution in [0.15, 0.2) is 15.2 Å². The quantitative estimate of drug-likeness (QED) is 0.736. The van der Waals surface area contributed by atoms with Crippen molar-refractivity contribution < 1.29 is 13.6 Å². The molecule has 0 aromatic carbocycles. The van der Waals surface area contributed by atoms with Gasteiger partial charge in [0.1, 0.15) is 0 Å². The van der Waals surface area contributed by atoms with Crippen molar-refractivity contribution in [3.05, 3.63) is 20.8 Å². The van der Waals surface area contributed by atoms with Gasteiger partial charge in [-0.25, -0.2) is 0 Å². The number of hydrogen-bond donors (Lipinski definition) is 0. The summed E-state index contributed by atoms with van der Waals surface area (Å²) in [6.45, 7) is 4.43. The summed E-state index contributed by atoms with van der Waals surface area (Å²) in [5, 5.41) is 1.95. The molecule has 0 aliphatic carbocycles. The van der Waals surface area contributed by atoms with E-state index < -0.39 is 7.60 Å². The van der Waals surface area contributed by atoms with Gasteiger partial charge < -0.3 is 9.05 Å². The first-order valence-corrected chi connectivity index (χ1v) is 8.11. The Morgan fingerprint density at radius 1 is 1.40 bits per heavy atom. The van der Waals surface area contributed by atoms with Crippen LogP contribution in [0.4, 0.5) is 0 Å². The normalized spacial score (nSPS) is 11.9. The molecule has 0 saturated heterocycles. The molecular weight excluding hydrogens is 299 g/mol. The van der Waals surface area contributed by atoms with E-state index in [1.54, 1.807) is 11.3 Å². The maximum atomic E-state index is 12.2. The fourth-order valence-electron chi connectivity index (χ4n) is 1.16. The molecule has 0 aliphatic heterocycles. The molecule has 0 N–H and O–H groups in total. The molecule has 0 bridgehead atoms. The van der Waals surface area contributed by atoms with Crippen molar-refractivity contribution in [3.8, 4) is 0 Å². The standard InChI is InChI=1S/C9H14BrO3PS/c1-3-12-14(11,13-4-2)7-8-5-6-15-9(8)10/h5-6H,3-4,7H2,1-2H3. The minimum atomic E-state index is -2.96. The zero-order valence-corrected chi connectivity index (χ0v) is 12.0. The maximum absolute atomic E-state index is 12.2. The summed E-state index contributed by atoms with van der Waals surface area (Å²) in [6, 6.07) is 1.93. The third-order valence-corrected chi connectivity index (χ3v) is 5.55. The maximum Gasteiger partial charge on any atom is 0.335 e. The van der Waals surface area contributed by atoms with Crippen LogP contribution in [0.2, 0.25) is 0 Å². The number of halogens is 1. The fourth-order valence-corrected chi connectivity index (χ4v) is 4.45. The van der Waals surface area contributed by atoms with Crippen molar-refractivity contribution in [2.24, 2.45) is 0 Å². The Kier molecular flexibility index (Phi) is 5.50. The molecule has 1 aromatic rings. The van der Waals surface area contributed by atoms with E-state index in [0.29, 0.717) is 19.4 Å². The van der Waals surface area contributed by atoms with Gasteiger partial charge in [0, 0.05) is 0 Å². The Morgan fingerprint density at radius 3 is 2.40 bits per heavy atom. The molecule has 0 spiro atoms. The van der Waals surface area contributed by atoms with E-state index >= 15 is 0 Å². The lowest BCUT2D eigenvalue weighted by atomic mass is 10.4. The van der Waals surface area contributed by atoms with Gasteiger partial charge in [0.25, 0.3) is 0 Å². The third-order valence-electron chi connectivity index (χ3n) is 1.71. The van der Waals surface area contributed by atoms with E-state index in [-0.39, 0.29) is 0 Å². The Labute approximate surface area is 102 Å². The SMILES string of the molecule is CCOP(=O)(Cc1ccsc1Br)OCC. The van der Waals surface area contributed by atoms with Crippen LogP contribution < -0.4 is 0 Å². The van der Waals surface area contributed by atoms with Gasteiger partial charge in [-0.2, -0.15) is 0 Å². The molecule has 86 valence electrons. The first-order valence-electron chi connectivity index (χ1n) is 4.71. The molecule has 6 heteroatoms. The highest BCUT2D eigenvalue weighted by Gasteiger charge is 2.25. The largest absolute Gasteiger partial charge is 0.335 e. The highest BCUT2D eigenvalue weighted by atomic mass is 79.9. The first-order chi connectivity index (χ1) is 7.11. The predicted octanol–water partition coefficient (Wildman–Crippen LogP) is 4.28. The van der Waals surface area contributed by atoms with Crippen molar-refractivity contribution in [1.29, 1.82) is 0 Å². The molecule has 1 aromatic heterocycles. The van der Waals surface area contributed by atoms with Gasteiger partial charge in [0.05, 0.1) is 23.2 Å². The Bertz CT molecular complexity index is 343. The molecular formula is C9H14BrO3PS. The summed E-state index contributed by atoms with van der Waals surface area (Å²) in [7, 11) is -2.96. The lowest BCUT2D eigenvalue weighted by Crippen LogP contribution is -1.98. The summed E-state index contributed by atoms with van der Waals surface area (Å²) in [4.78, 5) is 0. The van der Waals surface area contributed by atoms with Gasteiger partial charge in [-0.1, -0.05) is 0 Å². The second kappa shape index (κ2) is 6.16. The van der Waals surface area contributed by atoms with E-state index in [0.717, 1.165) is 9.35 Å². The molecule has 1 heterocycles. The van der Waals surface area contributed by atoms with Crippen LogP contribution in [0.1, 0.15) is 19.4 Å². The highest BCUT2D eigenvalue weighted by molar-refractivity contribution is 9.11. The van der Waals surface area contributed by atoms with Crippen molar-refractivity contribution >= 4 is 34.9 Å². The monoisotopic (exact) mass is 312 g/mol. The van der Waals surface area contributed by atoms with Crippen LogP contribution in [0.25, 0.3) is 0 Å². The van der Waals surface area contributed by atoms with E-state index in [2.05, 4.69) is 15.9 Å². The van der Waals surface area contributed by atoms with Crippen LogP contribution >= 0.6 is 34.9 Å². The van der Waals surface area contributed by atoms with Crippen LogP contribution in [0.5, 0.6) is 0 Å². The summed E-state index contributed by atoms with van der Waals surface area (Å²) in [5.74, 6) is 0. The second-order valence-electron chi connectivity index (χ2n) is 2.82. The minimum Gasteiger partial charge on any atom is -0.309 e. The summed E-state index contributed by atoms with van der Waals surface area (Å²) < 4.78 is 23.6. The van der Waals surface area contributed by atoms with Crippen molar-refractivity contribution in [3.63, 3.8) is 0 Å². The van der Waals surface area contributed by atoms with Crippen LogP contribution in [0.3, 0.4) is 0 Å². The van der Waals surface area contributed by atoms with Gasteiger partial charge in [0.15, 0.2) is 0 Å². The molecule has 0 amide bonds. The van der Waals surface area contributed by atoms with E-state index in [1.165, 1.54) is 0 Å². The molecule has 0 aliphatic rings. The topological polar surface area (TPSA) is 35.5 Å². The van der Waals surface area contributed by atoms with Gasteiger partial charge in [-0.3, -0.25) is 4.57 Å². The van der Waals surface area contributed by atoms with Crippen molar-refractivity contribution in [2.45, 2.75) is 20.0 Å². The molecule has 1 rings (SSSR count). The lowest BCUT2D eigenvalue weighted by molar-refractivity contribution is 0.219. The molecule has 0 unspecified atom stereocenters. The predicted molar refractivity (Wildman–Crippen MR) is 66.6 cm³/mol. The molecule has 15 heavy (non-hydrogen) atoms. The van der Waals surface area contributed by atoms with E-state index in [9.17, 15) is 4.57 Å². The van der Waals surface area contributed by atoms with E-state index in [4.69, 9.17) is 9.05 Å². The Balaban J connectivity index is 2.75.